The van der Waals surface area contributed by atoms with Crippen LogP contribution in [0.3, 0.4) is 0 Å². The number of halogens is 1. The standard InChI is InChI=1S/C16H17FN4O3/c1-20-8-10(7-18-20)19-16(23)15-14(21(2)13(22)9-24-15)11-5-3-4-6-12(11)17/h3-8,14-15H,9H2,1-2H3,(H,19,23). The Bertz CT molecular complexity index is 776. The second kappa shape index (κ2) is 6.40. The minimum Gasteiger partial charge on any atom is -0.356 e. The Kier molecular flexibility index (Phi) is 4.30. The van der Waals surface area contributed by atoms with Crippen LogP contribution in [0.25, 0.3) is 0 Å². The molecule has 0 saturated carbocycles. The van der Waals surface area contributed by atoms with Crippen molar-refractivity contribution >= 4 is 17.5 Å². The number of hydrogen-bond donors (Lipinski definition) is 1. The molecule has 3 rings (SSSR count). The molecule has 8 heteroatoms. The number of likely N-dealkylation sites (N-methyl/N-ethyl adjacent to an activating group) is 1. The summed E-state index contributed by atoms with van der Waals surface area (Å²) in [6.07, 6.45) is 2.10. The second-order valence-corrected chi connectivity index (χ2v) is 5.59. The van der Waals surface area contributed by atoms with E-state index in [0.29, 0.717) is 5.69 Å². The van der Waals surface area contributed by atoms with Gasteiger partial charge in [0.2, 0.25) is 5.91 Å². The minimum atomic E-state index is -1.02. The summed E-state index contributed by atoms with van der Waals surface area (Å²) in [5.74, 6) is -1.27. The molecule has 126 valence electrons. The molecule has 1 aromatic carbocycles. The summed E-state index contributed by atoms with van der Waals surface area (Å²) in [5.41, 5.74) is 0.734. The van der Waals surface area contributed by atoms with Gasteiger partial charge in [-0.1, -0.05) is 18.2 Å². The van der Waals surface area contributed by atoms with E-state index in [1.165, 1.54) is 24.2 Å². The molecule has 2 amide bonds. The lowest BCUT2D eigenvalue weighted by Gasteiger charge is -2.38. The van der Waals surface area contributed by atoms with Gasteiger partial charge in [0, 0.05) is 25.9 Å². The number of nitrogens with one attached hydrogen (secondary N) is 1. The second-order valence-electron chi connectivity index (χ2n) is 5.59. The van der Waals surface area contributed by atoms with Gasteiger partial charge in [0.25, 0.3) is 5.91 Å². The Balaban J connectivity index is 1.90. The highest BCUT2D eigenvalue weighted by Crippen LogP contribution is 2.31. The number of benzene rings is 1. The van der Waals surface area contributed by atoms with Gasteiger partial charge in [-0.25, -0.2) is 4.39 Å². The molecule has 1 N–H and O–H groups in total. The molecular weight excluding hydrogens is 315 g/mol. The summed E-state index contributed by atoms with van der Waals surface area (Å²) < 4.78 is 21.2. The number of rotatable bonds is 3. The molecular formula is C16H17FN4O3. The van der Waals surface area contributed by atoms with E-state index in [4.69, 9.17) is 4.74 Å². The van der Waals surface area contributed by atoms with Crippen molar-refractivity contribution in [3.05, 3.63) is 48.0 Å². The van der Waals surface area contributed by atoms with Crippen LogP contribution in [0.15, 0.2) is 36.7 Å². The third-order valence-corrected chi connectivity index (χ3v) is 3.94. The summed E-state index contributed by atoms with van der Waals surface area (Å²) >= 11 is 0. The van der Waals surface area contributed by atoms with Crippen LogP contribution in [0.5, 0.6) is 0 Å². The van der Waals surface area contributed by atoms with E-state index in [1.807, 2.05) is 0 Å². The van der Waals surface area contributed by atoms with Gasteiger partial charge < -0.3 is 15.0 Å². The summed E-state index contributed by atoms with van der Waals surface area (Å²) in [6.45, 7) is -0.230. The van der Waals surface area contributed by atoms with Gasteiger partial charge in [0.15, 0.2) is 6.10 Å². The normalized spacial score (nSPS) is 21.0. The SMILES string of the molecule is CN1C(=O)COC(C(=O)Nc2cnn(C)c2)C1c1ccccc1F. The minimum absolute atomic E-state index is 0.230. The molecule has 0 aliphatic carbocycles. The van der Waals surface area contributed by atoms with Crippen LogP contribution in [0, 0.1) is 5.82 Å². The van der Waals surface area contributed by atoms with Crippen molar-refractivity contribution < 1.29 is 18.7 Å². The molecule has 1 aromatic heterocycles. The predicted molar refractivity (Wildman–Crippen MR) is 83.5 cm³/mol. The van der Waals surface area contributed by atoms with E-state index in [-0.39, 0.29) is 18.1 Å². The molecule has 1 aliphatic heterocycles. The van der Waals surface area contributed by atoms with Crippen molar-refractivity contribution in [3.8, 4) is 0 Å². The maximum Gasteiger partial charge on any atom is 0.256 e. The monoisotopic (exact) mass is 332 g/mol. The number of carbonyl (C=O) groups is 2. The molecule has 2 heterocycles. The van der Waals surface area contributed by atoms with E-state index < -0.39 is 23.9 Å². The topological polar surface area (TPSA) is 76.5 Å². The van der Waals surface area contributed by atoms with E-state index in [2.05, 4.69) is 10.4 Å². The van der Waals surface area contributed by atoms with Crippen molar-refractivity contribution in [2.24, 2.45) is 7.05 Å². The zero-order chi connectivity index (χ0) is 17.3. The molecule has 1 saturated heterocycles. The number of carbonyl (C=O) groups excluding carboxylic acids is 2. The number of aryl methyl sites for hydroxylation is 1. The Morgan fingerprint density at radius 1 is 1.38 bits per heavy atom. The molecule has 24 heavy (non-hydrogen) atoms. The Hall–Kier alpha value is -2.74. The maximum absolute atomic E-state index is 14.2. The smallest absolute Gasteiger partial charge is 0.256 e. The molecule has 2 unspecified atom stereocenters. The van der Waals surface area contributed by atoms with Crippen LogP contribution in [0.2, 0.25) is 0 Å². The first-order valence-electron chi connectivity index (χ1n) is 7.38. The highest BCUT2D eigenvalue weighted by Gasteiger charge is 2.41. The van der Waals surface area contributed by atoms with Gasteiger partial charge in [-0.05, 0) is 6.07 Å². The number of aromatic nitrogens is 2. The maximum atomic E-state index is 14.2. The molecule has 7 nitrogen and oxygen atoms in total. The quantitative estimate of drug-likeness (QED) is 0.913. The van der Waals surface area contributed by atoms with Crippen LogP contribution in [-0.2, 0) is 21.4 Å². The molecule has 1 fully saturated rings. The highest BCUT2D eigenvalue weighted by atomic mass is 19.1. The molecule has 0 radical (unpaired) electrons. The van der Waals surface area contributed by atoms with E-state index in [9.17, 15) is 14.0 Å². The Labute approximate surface area is 138 Å². The number of nitrogens with zero attached hydrogens (tertiary/aromatic N) is 3. The van der Waals surface area contributed by atoms with Gasteiger partial charge in [0.1, 0.15) is 12.4 Å². The fourth-order valence-corrected chi connectivity index (χ4v) is 2.72. The molecule has 2 atom stereocenters. The van der Waals surface area contributed by atoms with Gasteiger partial charge in [-0.15, -0.1) is 0 Å². The number of morpholine rings is 1. The van der Waals surface area contributed by atoms with E-state index in [0.717, 1.165) is 0 Å². The molecule has 2 aromatic rings. The summed E-state index contributed by atoms with van der Waals surface area (Å²) in [4.78, 5) is 25.9. The van der Waals surface area contributed by atoms with Crippen LogP contribution in [0.4, 0.5) is 10.1 Å². The molecule has 0 bridgehead atoms. The lowest BCUT2D eigenvalue weighted by Crippen LogP contribution is -2.51. The lowest BCUT2D eigenvalue weighted by molar-refractivity contribution is -0.160. The largest absolute Gasteiger partial charge is 0.356 e. The predicted octanol–water partition coefficient (Wildman–Crippen LogP) is 1.10. The highest BCUT2D eigenvalue weighted by molar-refractivity contribution is 5.96. The first kappa shape index (κ1) is 16.1. The van der Waals surface area contributed by atoms with Gasteiger partial charge >= 0.3 is 0 Å². The number of ether oxygens (including phenoxy) is 1. The number of anilines is 1. The first-order valence-corrected chi connectivity index (χ1v) is 7.38. The Morgan fingerprint density at radius 2 is 2.12 bits per heavy atom. The number of amides is 2. The summed E-state index contributed by atoms with van der Waals surface area (Å²) in [5, 5.41) is 6.65. The van der Waals surface area contributed by atoms with E-state index in [1.54, 1.807) is 36.1 Å². The van der Waals surface area contributed by atoms with Crippen molar-refractivity contribution in [1.82, 2.24) is 14.7 Å². The van der Waals surface area contributed by atoms with Gasteiger partial charge in [-0.2, -0.15) is 5.10 Å². The van der Waals surface area contributed by atoms with Crippen molar-refractivity contribution in [2.75, 3.05) is 19.0 Å². The summed E-state index contributed by atoms with van der Waals surface area (Å²) in [6, 6.07) is 5.20. The van der Waals surface area contributed by atoms with Crippen molar-refractivity contribution in [1.29, 1.82) is 0 Å². The fourth-order valence-electron chi connectivity index (χ4n) is 2.72. The van der Waals surface area contributed by atoms with Crippen LogP contribution < -0.4 is 5.32 Å². The average molecular weight is 332 g/mol. The summed E-state index contributed by atoms with van der Waals surface area (Å²) in [7, 11) is 3.26. The lowest BCUT2D eigenvalue weighted by atomic mass is 9.97. The molecule has 0 spiro atoms. The van der Waals surface area contributed by atoms with Crippen molar-refractivity contribution in [3.63, 3.8) is 0 Å². The average Bonchev–Trinajstić information content (AvgIpc) is 2.95. The van der Waals surface area contributed by atoms with Crippen molar-refractivity contribution in [2.45, 2.75) is 12.1 Å². The van der Waals surface area contributed by atoms with Crippen LogP contribution in [0.1, 0.15) is 11.6 Å². The van der Waals surface area contributed by atoms with Gasteiger partial charge in [0.05, 0.1) is 17.9 Å². The fraction of sp³-hybridized carbons (Fsp3) is 0.312. The zero-order valence-corrected chi connectivity index (χ0v) is 13.3. The third-order valence-electron chi connectivity index (χ3n) is 3.94. The zero-order valence-electron chi connectivity index (χ0n) is 13.3. The van der Waals surface area contributed by atoms with Gasteiger partial charge in [-0.3, -0.25) is 14.3 Å². The molecule has 1 aliphatic rings. The number of hydrogen-bond acceptors (Lipinski definition) is 4. The van der Waals surface area contributed by atoms with Crippen LogP contribution in [-0.4, -0.2) is 46.3 Å². The Morgan fingerprint density at radius 3 is 2.79 bits per heavy atom. The van der Waals surface area contributed by atoms with Crippen LogP contribution >= 0.6 is 0 Å². The third kappa shape index (κ3) is 3.00. The van der Waals surface area contributed by atoms with E-state index >= 15 is 0 Å². The first-order chi connectivity index (χ1) is 11.5.